The number of alkyl halides is 2. The van der Waals surface area contributed by atoms with E-state index in [-0.39, 0.29) is 12.1 Å². The Morgan fingerprint density at radius 1 is 0.667 bits per heavy atom. The van der Waals surface area contributed by atoms with Crippen LogP contribution in [-0.4, -0.2) is 36.9 Å². The van der Waals surface area contributed by atoms with Crippen LogP contribution in [0.3, 0.4) is 0 Å². The molecule has 27 heavy (non-hydrogen) atoms. The maximum atomic E-state index is 11.6. The van der Waals surface area contributed by atoms with Crippen molar-refractivity contribution in [2.24, 2.45) is 0 Å². The van der Waals surface area contributed by atoms with Gasteiger partial charge in [0.05, 0.1) is 0 Å². The van der Waals surface area contributed by atoms with Gasteiger partial charge in [-0.1, -0.05) is 24.3 Å². The second-order valence-electron chi connectivity index (χ2n) is 5.71. The molecule has 0 bridgehead atoms. The van der Waals surface area contributed by atoms with Crippen LogP contribution in [0.1, 0.15) is 11.1 Å². The van der Waals surface area contributed by atoms with Gasteiger partial charge in [-0.05, 0) is 41.8 Å². The molecule has 2 aromatic rings. The van der Waals surface area contributed by atoms with E-state index in [1.165, 1.54) is 0 Å². The van der Waals surface area contributed by atoms with Gasteiger partial charge in [0.25, 0.3) is 0 Å². The minimum atomic E-state index is -0.276. The van der Waals surface area contributed by atoms with Gasteiger partial charge >= 0.3 is 12.1 Å². The second kappa shape index (κ2) is 11.3. The Labute approximate surface area is 168 Å². The number of carbonyl (C=O) groups is 2. The van der Waals surface area contributed by atoms with Crippen LogP contribution in [-0.2, 0) is 6.42 Å². The van der Waals surface area contributed by atoms with Crippen molar-refractivity contribution in [3.8, 4) is 0 Å². The van der Waals surface area contributed by atoms with Crippen LogP contribution < -0.4 is 21.3 Å². The van der Waals surface area contributed by atoms with Crippen LogP contribution in [0.2, 0.25) is 0 Å². The summed E-state index contributed by atoms with van der Waals surface area (Å²) >= 11 is 11.1. The Hall–Kier alpha value is -2.44. The fourth-order valence-electron chi connectivity index (χ4n) is 2.32. The first-order valence-corrected chi connectivity index (χ1v) is 9.57. The molecule has 0 saturated heterocycles. The molecule has 2 rings (SSSR count). The molecule has 0 atom stereocenters. The molecule has 0 spiro atoms. The molecule has 0 aliphatic carbocycles. The van der Waals surface area contributed by atoms with E-state index in [9.17, 15) is 9.59 Å². The minimum absolute atomic E-state index is 0.276. The fourth-order valence-corrected chi connectivity index (χ4v) is 2.51. The standard InChI is InChI=1S/C19H22Cl2N4O2/c20-9-11-22-18(26)24-16-5-1-14(2-6-16)13-15-3-7-17(8-4-15)25-19(27)23-12-10-21/h1-8H,9-13H2,(H2,22,24,26)(H2,23,25,27). The highest BCUT2D eigenvalue weighted by atomic mass is 35.5. The van der Waals surface area contributed by atoms with E-state index < -0.39 is 0 Å². The van der Waals surface area contributed by atoms with E-state index in [4.69, 9.17) is 23.2 Å². The van der Waals surface area contributed by atoms with Crippen LogP contribution in [0.4, 0.5) is 21.0 Å². The molecule has 0 saturated carbocycles. The van der Waals surface area contributed by atoms with E-state index in [2.05, 4.69) is 21.3 Å². The average Bonchev–Trinajstić information content (AvgIpc) is 2.68. The number of halogens is 2. The van der Waals surface area contributed by atoms with E-state index >= 15 is 0 Å². The summed E-state index contributed by atoms with van der Waals surface area (Å²) < 4.78 is 0. The van der Waals surface area contributed by atoms with Crippen LogP contribution in [0.25, 0.3) is 0 Å². The largest absolute Gasteiger partial charge is 0.337 e. The number of hydrogen-bond acceptors (Lipinski definition) is 2. The van der Waals surface area contributed by atoms with Crippen molar-refractivity contribution in [3.05, 3.63) is 59.7 Å². The second-order valence-corrected chi connectivity index (χ2v) is 6.47. The van der Waals surface area contributed by atoms with Crippen LogP contribution in [0.5, 0.6) is 0 Å². The molecule has 0 fully saturated rings. The number of anilines is 2. The summed E-state index contributed by atoms with van der Waals surface area (Å²) in [5.41, 5.74) is 3.66. The Morgan fingerprint density at radius 2 is 1.04 bits per heavy atom. The van der Waals surface area contributed by atoms with Crippen molar-refractivity contribution in [2.45, 2.75) is 6.42 Å². The third-order valence-corrected chi connectivity index (χ3v) is 3.97. The Morgan fingerprint density at radius 3 is 1.37 bits per heavy atom. The Kier molecular flexibility index (Phi) is 8.74. The Bertz CT molecular complexity index is 673. The highest BCUT2D eigenvalue weighted by Gasteiger charge is 2.03. The third-order valence-electron chi connectivity index (χ3n) is 3.59. The highest BCUT2D eigenvalue weighted by molar-refractivity contribution is 6.18. The van der Waals surface area contributed by atoms with Gasteiger partial charge in [0.15, 0.2) is 0 Å². The van der Waals surface area contributed by atoms with Gasteiger partial charge < -0.3 is 21.3 Å². The van der Waals surface area contributed by atoms with Gasteiger partial charge in [-0.3, -0.25) is 0 Å². The molecule has 2 aromatic carbocycles. The molecule has 0 heterocycles. The quantitative estimate of drug-likeness (QED) is 0.497. The SMILES string of the molecule is O=C(NCCCl)Nc1ccc(Cc2ccc(NC(=O)NCCCl)cc2)cc1. The van der Waals surface area contributed by atoms with Crippen molar-refractivity contribution >= 4 is 46.6 Å². The maximum absolute atomic E-state index is 11.6. The molecule has 0 aliphatic heterocycles. The lowest BCUT2D eigenvalue weighted by atomic mass is 10.0. The summed E-state index contributed by atoms with van der Waals surface area (Å²) in [5, 5.41) is 10.8. The summed E-state index contributed by atoms with van der Waals surface area (Å²) in [7, 11) is 0. The lowest BCUT2D eigenvalue weighted by molar-refractivity contribution is 0.252. The molecule has 8 heteroatoms. The lowest BCUT2D eigenvalue weighted by Gasteiger charge is -2.09. The molecule has 0 unspecified atom stereocenters. The predicted molar refractivity (Wildman–Crippen MR) is 111 cm³/mol. The van der Waals surface area contributed by atoms with E-state index in [1.807, 2.05) is 48.5 Å². The smallest absolute Gasteiger partial charge is 0.319 e. The van der Waals surface area contributed by atoms with Crippen LogP contribution in [0, 0.1) is 0 Å². The van der Waals surface area contributed by atoms with Gasteiger partial charge in [-0.25, -0.2) is 9.59 Å². The molecule has 0 aromatic heterocycles. The first kappa shape index (κ1) is 20.9. The van der Waals surface area contributed by atoms with Gasteiger partial charge in [-0.15, -0.1) is 23.2 Å². The summed E-state index contributed by atoms with van der Waals surface area (Å²) in [5.74, 6) is 0.748. The summed E-state index contributed by atoms with van der Waals surface area (Å²) in [4.78, 5) is 23.2. The van der Waals surface area contributed by atoms with Crippen molar-refractivity contribution in [1.29, 1.82) is 0 Å². The first-order chi connectivity index (χ1) is 13.1. The highest BCUT2D eigenvalue weighted by Crippen LogP contribution is 2.16. The molecule has 144 valence electrons. The molecular weight excluding hydrogens is 387 g/mol. The number of carbonyl (C=O) groups excluding carboxylic acids is 2. The lowest BCUT2D eigenvalue weighted by Crippen LogP contribution is -2.30. The number of nitrogens with one attached hydrogen (secondary N) is 4. The predicted octanol–water partition coefficient (Wildman–Crippen LogP) is 4.00. The van der Waals surface area contributed by atoms with Crippen LogP contribution in [0.15, 0.2) is 48.5 Å². The van der Waals surface area contributed by atoms with Crippen molar-refractivity contribution in [1.82, 2.24) is 10.6 Å². The fraction of sp³-hybridized carbons (Fsp3) is 0.263. The minimum Gasteiger partial charge on any atom is -0.337 e. The van der Waals surface area contributed by atoms with Crippen molar-refractivity contribution in [2.75, 3.05) is 35.5 Å². The zero-order valence-electron chi connectivity index (χ0n) is 14.7. The normalized spacial score (nSPS) is 10.1. The number of amides is 4. The molecule has 0 aliphatic rings. The van der Waals surface area contributed by atoms with E-state index in [0.29, 0.717) is 36.2 Å². The van der Waals surface area contributed by atoms with Crippen molar-refractivity contribution in [3.63, 3.8) is 0 Å². The average molecular weight is 409 g/mol. The number of benzene rings is 2. The van der Waals surface area contributed by atoms with Crippen molar-refractivity contribution < 1.29 is 9.59 Å². The van der Waals surface area contributed by atoms with Gasteiger partial charge in [-0.2, -0.15) is 0 Å². The summed E-state index contributed by atoms with van der Waals surface area (Å²) in [6.07, 6.45) is 0.747. The topological polar surface area (TPSA) is 82.3 Å². The maximum Gasteiger partial charge on any atom is 0.319 e. The zero-order chi connectivity index (χ0) is 19.5. The van der Waals surface area contributed by atoms with Crippen LogP contribution >= 0.6 is 23.2 Å². The molecule has 6 nitrogen and oxygen atoms in total. The van der Waals surface area contributed by atoms with E-state index in [0.717, 1.165) is 17.5 Å². The first-order valence-electron chi connectivity index (χ1n) is 8.50. The zero-order valence-corrected chi connectivity index (χ0v) is 16.2. The number of rotatable bonds is 8. The molecule has 4 amide bonds. The number of urea groups is 2. The van der Waals surface area contributed by atoms with Gasteiger partial charge in [0.2, 0.25) is 0 Å². The molecule has 0 radical (unpaired) electrons. The molecular formula is C19H22Cl2N4O2. The number of hydrogen-bond donors (Lipinski definition) is 4. The van der Waals surface area contributed by atoms with Gasteiger partial charge in [0, 0.05) is 36.2 Å². The summed E-state index contributed by atoms with van der Waals surface area (Å²) in [6, 6.07) is 14.7. The Balaban J connectivity index is 1.86. The summed E-state index contributed by atoms with van der Waals surface area (Å²) in [6.45, 7) is 0.843. The third kappa shape index (κ3) is 7.76. The van der Waals surface area contributed by atoms with Gasteiger partial charge in [0.1, 0.15) is 0 Å². The van der Waals surface area contributed by atoms with E-state index in [1.54, 1.807) is 0 Å². The monoisotopic (exact) mass is 408 g/mol. The molecule has 4 N–H and O–H groups in total.